The zero-order valence-electron chi connectivity index (χ0n) is 10.8. The van der Waals surface area contributed by atoms with Crippen LogP contribution in [0.25, 0.3) is 0 Å². The predicted molar refractivity (Wildman–Crippen MR) is 63.7 cm³/mol. The highest BCUT2D eigenvalue weighted by Gasteiger charge is 2.40. The summed E-state index contributed by atoms with van der Waals surface area (Å²) in [5, 5.41) is 0. The van der Waals surface area contributed by atoms with Gasteiger partial charge in [0.05, 0.1) is 24.9 Å². The maximum atomic E-state index is 5.65. The Morgan fingerprint density at radius 3 is 2.38 bits per heavy atom. The van der Waals surface area contributed by atoms with E-state index in [-0.39, 0.29) is 0 Å². The van der Waals surface area contributed by atoms with E-state index in [1.54, 1.807) is 0 Å². The van der Waals surface area contributed by atoms with Crippen LogP contribution < -0.4 is 0 Å². The highest BCUT2D eigenvalue weighted by molar-refractivity contribution is 4.90. The minimum Gasteiger partial charge on any atom is -0.373 e. The lowest BCUT2D eigenvalue weighted by Crippen LogP contribution is -2.34. The number of nitrogens with zero attached hydrogens (tertiary/aromatic N) is 2. The molecule has 2 fully saturated rings. The minimum absolute atomic E-state index is 0.440. The molecule has 0 aromatic carbocycles. The fraction of sp³-hybridized carbons (Fsp3) is 1.00. The Kier molecular flexibility index (Phi) is 3.85. The van der Waals surface area contributed by atoms with Crippen molar-refractivity contribution in [3.8, 4) is 0 Å². The molecule has 2 aliphatic rings. The van der Waals surface area contributed by atoms with Gasteiger partial charge in [-0.25, -0.2) is 0 Å². The smallest absolute Gasteiger partial charge is 0.0981 e. The highest BCUT2D eigenvalue weighted by Crippen LogP contribution is 2.25. The summed E-state index contributed by atoms with van der Waals surface area (Å²) in [5.74, 6) is 0. The van der Waals surface area contributed by atoms with Crippen molar-refractivity contribution in [1.29, 1.82) is 0 Å². The Bertz CT molecular complexity index is 231. The summed E-state index contributed by atoms with van der Waals surface area (Å²) in [6.45, 7) is 5.32. The van der Waals surface area contributed by atoms with Crippen LogP contribution >= 0.6 is 0 Å². The van der Waals surface area contributed by atoms with Gasteiger partial charge in [-0.05, 0) is 34.5 Å². The maximum Gasteiger partial charge on any atom is 0.0981 e. The Balaban J connectivity index is 1.62. The standard InChI is InChI=1S/C12H24N2O2/c1-9(5-10-8-15-10)14(4)7-12-11(16-12)6-13(2)3/h9-12H,5-8H2,1-4H3. The molecule has 4 atom stereocenters. The van der Waals surface area contributed by atoms with Crippen molar-refractivity contribution in [1.82, 2.24) is 9.80 Å². The Hall–Kier alpha value is -0.160. The van der Waals surface area contributed by atoms with Gasteiger partial charge in [0.1, 0.15) is 0 Å². The van der Waals surface area contributed by atoms with Crippen molar-refractivity contribution in [3.05, 3.63) is 0 Å². The van der Waals surface area contributed by atoms with Crippen LogP contribution in [0.15, 0.2) is 0 Å². The molecule has 2 heterocycles. The molecule has 2 rings (SSSR count). The number of hydrogen-bond donors (Lipinski definition) is 0. The van der Waals surface area contributed by atoms with E-state index in [4.69, 9.17) is 9.47 Å². The monoisotopic (exact) mass is 228 g/mol. The molecule has 94 valence electrons. The topological polar surface area (TPSA) is 31.5 Å². The Morgan fingerprint density at radius 1 is 1.19 bits per heavy atom. The van der Waals surface area contributed by atoms with Crippen molar-refractivity contribution in [2.24, 2.45) is 0 Å². The third kappa shape index (κ3) is 3.70. The first-order chi connectivity index (χ1) is 7.56. The van der Waals surface area contributed by atoms with Crippen LogP contribution in [0.2, 0.25) is 0 Å². The summed E-state index contributed by atoms with van der Waals surface area (Å²) in [7, 11) is 6.37. The normalized spacial score (nSPS) is 34.5. The van der Waals surface area contributed by atoms with E-state index in [1.165, 1.54) is 0 Å². The van der Waals surface area contributed by atoms with E-state index < -0.39 is 0 Å². The molecule has 2 saturated heterocycles. The lowest BCUT2D eigenvalue weighted by atomic mass is 10.1. The van der Waals surface area contributed by atoms with E-state index in [0.29, 0.717) is 24.4 Å². The summed E-state index contributed by atoms with van der Waals surface area (Å²) in [4.78, 5) is 4.58. The molecule has 0 spiro atoms. The fourth-order valence-corrected chi connectivity index (χ4v) is 2.09. The van der Waals surface area contributed by atoms with Crippen molar-refractivity contribution >= 4 is 0 Å². The van der Waals surface area contributed by atoms with E-state index in [0.717, 1.165) is 26.1 Å². The molecule has 0 N–H and O–H groups in total. The molecule has 0 aromatic rings. The third-order valence-corrected chi connectivity index (χ3v) is 3.46. The van der Waals surface area contributed by atoms with Gasteiger partial charge in [-0.2, -0.15) is 0 Å². The number of hydrogen-bond acceptors (Lipinski definition) is 4. The average Bonchev–Trinajstić information content (AvgIpc) is 3.05. The van der Waals surface area contributed by atoms with Gasteiger partial charge in [-0.1, -0.05) is 0 Å². The zero-order chi connectivity index (χ0) is 11.7. The van der Waals surface area contributed by atoms with E-state index in [9.17, 15) is 0 Å². The molecular formula is C12H24N2O2. The van der Waals surface area contributed by atoms with Gasteiger partial charge in [0.2, 0.25) is 0 Å². The molecule has 0 bridgehead atoms. The molecule has 0 amide bonds. The Labute approximate surface area is 98.5 Å². The van der Waals surface area contributed by atoms with Gasteiger partial charge in [-0.15, -0.1) is 0 Å². The van der Waals surface area contributed by atoms with Crippen LogP contribution in [-0.4, -0.2) is 75.0 Å². The fourth-order valence-electron chi connectivity index (χ4n) is 2.09. The molecule has 0 radical (unpaired) electrons. The first-order valence-electron chi connectivity index (χ1n) is 6.18. The van der Waals surface area contributed by atoms with Gasteiger partial charge in [0.25, 0.3) is 0 Å². The minimum atomic E-state index is 0.440. The summed E-state index contributed by atoms with van der Waals surface area (Å²) in [6, 6.07) is 0.594. The van der Waals surface area contributed by atoms with Gasteiger partial charge in [0.15, 0.2) is 0 Å². The summed E-state index contributed by atoms with van der Waals surface area (Å²) < 4.78 is 10.9. The van der Waals surface area contributed by atoms with E-state index in [2.05, 4.69) is 37.9 Å². The van der Waals surface area contributed by atoms with Gasteiger partial charge < -0.3 is 19.3 Å². The van der Waals surface area contributed by atoms with Crippen LogP contribution in [0.5, 0.6) is 0 Å². The third-order valence-electron chi connectivity index (χ3n) is 3.46. The van der Waals surface area contributed by atoms with Crippen LogP contribution in [-0.2, 0) is 9.47 Å². The number of rotatable bonds is 7. The predicted octanol–water partition coefficient (Wildman–Crippen LogP) is 0.425. The van der Waals surface area contributed by atoms with E-state index in [1.807, 2.05) is 0 Å². The summed E-state index contributed by atoms with van der Waals surface area (Å²) in [6.07, 6.45) is 2.56. The van der Waals surface area contributed by atoms with Crippen molar-refractivity contribution in [2.75, 3.05) is 40.8 Å². The second-order valence-electron chi connectivity index (χ2n) is 5.45. The number of likely N-dealkylation sites (N-methyl/N-ethyl adjacent to an activating group) is 2. The van der Waals surface area contributed by atoms with Crippen LogP contribution in [0.3, 0.4) is 0 Å². The molecular weight excluding hydrogens is 204 g/mol. The molecule has 0 aromatic heterocycles. The largest absolute Gasteiger partial charge is 0.373 e. The number of epoxide rings is 2. The first-order valence-corrected chi connectivity index (χ1v) is 6.18. The summed E-state index contributed by atoms with van der Waals surface area (Å²) in [5.41, 5.74) is 0. The van der Waals surface area contributed by atoms with Crippen molar-refractivity contribution in [3.63, 3.8) is 0 Å². The van der Waals surface area contributed by atoms with Crippen LogP contribution in [0.4, 0.5) is 0 Å². The molecule has 4 heteroatoms. The molecule has 2 aliphatic heterocycles. The Morgan fingerprint density at radius 2 is 1.81 bits per heavy atom. The van der Waals surface area contributed by atoms with Crippen molar-refractivity contribution in [2.45, 2.75) is 37.7 Å². The quantitative estimate of drug-likeness (QED) is 0.591. The van der Waals surface area contributed by atoms with Crippen LogP contribution in [0.1, 0.15) is 13.3 Å². The molecule has 16 heavy (non-hydrogen) atoms. The summed E-state index contributed by atoms with van der Waals surface area (Å²) >= 11 is 0. The molecule has 0 saturated carbocycles. The van der Waals surface area contributed by atoms with E-state index >= 15 is 0 Å². The average molecular weight is 228 g/mol. The molecule has 4 nitrogen and oxygen atoms in total. The van der Waals surface area contributed by atoms with Gasteiger partial charge in [0, 0.05) is 19.1 Å². The van der Waals surface area contributed by atoms with Crippen LogP contribution in [0, 0.1) is 0 Å². The van der Waals surface area contributed by atoms with Gasteiger partial charge in [-0.3, -0.25) is 0 Å². The highest BCUT2D eigenvalue weighted by atomic mass is 16.6. The SMILES string of the molecule is CC(CC1CO1)N(C)CC1OC1CN(C)C. The second-order valence-corrected chi connectivity index (χ2v) is 5.45. The lowest BCUT2D eigenvalue weighted by Gasteiger charge is -2.23. The number of ether oxygens (including phenoxy) is 2. The molecule has 4 unspecified atom stereocenters. The zero-order valence-corrected chi connectivity index (χ0v) is 10.8. The van der Waals surface area contributed by atoms with Crippen molar-refractivity contribution < 1.29 is 9.47 Å². The second kappa shape index (κ2) is 5.00. The lowest BCUT2D eigenvalue weighted by molar-refractivity contribution is 0.207. The molecule has 0 aliphatic carbocycles. The first kappa shape index (κ1) is 12.3. The maximum absolute atomic E-state index is 5.65. The van der Waals surface area contributed by atoms with Gasteiger partial charge >= 0.3 is 0 Å².